The van der Waals surface area contributed by atoms with Crippen LogP contribution < -0.4 is 15.8 Å². The normalized spacial score (nSPS) is 10.6. The summed E-state index contributed by atoms with van der Waals surface area (Å²) < 4.78 is 7.31. The molecule has 0 aliphatic carbocycles. The van der Waals surface area contributed by atoms with Crippen LogP contribution in [-0.2, 0) is 0 Å². The Morgan fingerprint density at radius 3 is 2.85 bits per heavy atom. The smallest absolute Gasteiger partial charge is 0.157 e. The molecule has 0 saturated carbocycles. The van der Waals surface area contributed by atoms with Crippen molar-refractivity contribution in [3.63, 3.8) is 0 Å². The first-order valence-electron chi connectivity index (χ1n) is 6.34. The van der Waals surface area contributed by atoms with Crippen molar-refractivity contribution in [3.8, 4) is 5.75 Å². The van der Waals surface area contributed by atoms with Gasteiger partial charge in [-0.05, 0) is 30.3 Å². The van der Waals surface area contributed by atoms with Crippen molar-refractivity contribution in [3.05, 3.63) is 48.8 Å². The summed E-state index contributed by atoms with van der Waals surface area (Å²) in [6, 6.07) is 11.1. The molecule has 2 heterocycles. The molecule has 0 amide bonds. The van der Waals surface area contributed by atoms with Gasteiger partial charge in [0.15, 0.2) is 5.65 Å². The zero-order valence-corrected chi connectivity index (χ0v) is 10.9. The maximum atomic E-state index is 5.61. The molecule has 0 unspecified atom stereocenters. The molecule has 6 heteroatoms. The van der Waals surface area contributed by atoms with E-state index in [0.29, 0.717) is 13.2 Å². The van der Waals surface area contributed by atoms with Crippen LogP contribution in [0.3, 0.4) is 0 Å². The Bertz CT molecular complexity index is 692. The van der Waals surface area contributed by atoms with Crippen LogP contribution in [0.2, 0.25) is 0 Å². The summed E-state index contributed by atoms with van der Waals surface area (Å²) in [5.74, 6) is 1.61. The molecule has 0 atom stereocenters. The summed E-state index contributed by atoms with van der Waals surface area (Å²) >= 11 is 0. The van der Waals surface area contributed by atoms with E-state index >= 15 is 0 Å². The molecule has 0 aliphatic heterocycles. The Morgan fingerprint density at radius 2 is 2.00 bits per heavy atom. The van der Waals surface area contributed by atoms with Crippen molar-refractivity contribution >= 4 is 17.2 Å². The highest BCUT2D eigenvalue weighted by atomic mass is 16.5. The topological polar surface area (TPSA) is 77.5 Å². The molecule has 0 radical (unpaired) electrons. The van der Waals surface area contributed by atoms with Gasteiger partial charge in [0.2, 0.25) is 0 Å². The first-order chi connectivity index (χ1) is 9.81. The second kappa shape index (κ2) is 5.48. The Kier molecular flexibility index (Phi) is 3.36. The highest BCUT2D eigenvalue weighted by Gasteiger charge is 1.98. The van der Waals surface area contributed by atoms with Crippen LogP contribution in [0.15, 0.2) is 48.8 Å². The van der Waals surface area contributed by atoms with E-state index in [9.17, 15) is 0 Å². The molecule has 0 spiro atoms. The van der Waals surface area contributed by atoms with E-state index in [0.717, 1.165) is 22.9 Å². The lowest BCUT2D eigenvalue weighted by atomic mass is 10.3. The largest absolute Gasteiger partial charge is 0.492 e. The molecule has 6 nitrogen and oxygen atoms in total. The Balaban J connectivity index is 1.50. The van der Waals surface area contributed by atoms with E-state index in [2.05, 4.69) is 15.4 Å². The lowest BCUT2D eigenvalue weighted by Gasteiger charge is -2.08. The molecular formula is C14H15N5O. The number of benzene rings is 1. The van der Waals surface area contributed by atoms with Crippen LogP contribution in [0.25, 0.3) is 5.65 Å². The van der Waals surface area contributed by atoms with Crippen LogP contribution >= 0.6 is 0 Å². The van der Waals surface area contributed by atoms with Crippen molar-refractivity contribution < 1.29 is 4.74 Å². The fourth-order valence-electron chi connectivity index (χ4n) is 1.82. The Hall–Kier alpha value is -2.76. The second-order valence-corrected chi connectivity index (χ2v) is 4.29. The fourth-order valence-corrected chi connectivity index (χ4v) is 1.82. The number of hydrogen-bond donors (Lipinski definition) is 2. The first-order valence-corrected chi connectivity index (χ1v) is 6.34. The molecule has 0 bridgehead atoms. The molecule has 20 heavy (non-hydrogen) atoms. The summed E-state index contributed by atoms with van der Waals surface area (Å²) in [5, 5.41) is 7.30. The van der Waals surface area contributed by atoms with Gasteiger partial charge in [0.25, 0.3) is 0 Å². The van der Waals surface area contributed by atoms with E-state index in [1.54, 1.807) is 10.7 Å². The summed E-state index contributed by atoms with van der Waals surface area (Å²) in [7, 11) is 0. The maximum Gasteiger partial charge on any atom is 0.157 e. The maximum absolute atomic E-state index is 5.61. The summed E-state index contributed by atoms with van der Waals surface area (Å²) in [5.41, 5.74) is 7.16. The molecule has 3 aromatic rings. The average Bonchev–Trinajstić information content (AvgIpc) is 2.93. The number of anilines is 2. The van der Waals surface area contributed by atoms with Gasteiger partial charge in [0.05, 0.1) is 12.7 Å². The van der Waals surface area contributed by atoms with E-state index in [4.69, 9.17) is 10.5 Å². The number of nitrogen functional groups attached to an aromatic ring is 1. The van der Waals surface area contributed by atoms with E-state index in [1.807, 2.05) is 42.6 Å². The van der Waals surface area contributed by atoms with Gasteiger partial charge in [-0.15, -0.1) is 0 Å². The van der Waals surface area contributed by atoms with Crippen molar-refractivity contribution in [2.75, 3.05) is 24.2 Å². The molecule has 3 N–H and O–H groups in total. The van der Waals surface area contributed by atoms with Crippen LogP contribution in [0.4, 0.5) is 11.5 Å². The Labute approximate surface area is 116 Å². The minimum absolute atomic E-state index is 0.552. The van der Waals surface area contributed by atoms with Gasteiger partial charge < -0.3 is 15.8 Å². The van der Waals surface area contributed by atoms with Crippen LogP contribution in [0.5, 0.6) is 5.75 Å². The summed E-state index contributed by atoms with van der Waals surface area (Å²) in [6.45, 7) is 1.22. The number of rotatable bonds is 5. The predicted octanol–water partition coefficient (Wildman–Crippen LogP) is 1.80. The third-order valence-corrected chi connectivity index (χ3v) is 2.82. The number of fused-ring (bicyclic) bond motifs is 1. The highest BCUT2D eigenvalue weighted by molar-refractivity contribution is 5.45. The van der Waals surface area contributed by atoms with E-state index in [1.165, 1.54) is 0 Å². The van der Waals surface area contributed by atoms with Gasteiger partial charge in [0.1, 0.15) is 18.2 Å². The number of nitrogens with two attached hydrogens (primary N) is 1. The van der Waals surface area contributed by atoms with Gasteiger partial charge in [0, 0.05) is 18.0 Å². The van der Waals surface area contributed by atoms with Crippen LogP contribution in [-0.4, -0.2) is 27.7 Å². The Morgan fingerprint density at radius 1 is 1.15 bits per heavy atom. The van der Waals surface area contributed by atoms with Gasteiger partial charge in [-0.25, -0.2) is 9.50 Å². The monoisotopic (exact) mass is 269 g/mol. The number of aromatic nitrogens is 3. The molecule has 0 saturated heterocycles. The molecule has 102 valence electrons. The zero-order valence-electron chi connectivity index (χ0n) is 10.9. The van der Waals surface area contributed by atoms with E-state index < -0.39 is 0 Å². The fraction of sp³-hybridized carbons (Fsp3) is 0.143. The average molecular weight is 269 g/mol. The lowest BCUT2D eigenvalue weighted by molar-refractivity contribution is 0.333. The van der Waals surface area contributed by atoms with Gasteiger partial charge in [-0.2, -0.15) is 5.10 Å². The number of nitrogens with one attached hydrogen (secondary N) is 1. The molecule has 1 aromatic carbocycles. The standard InChI is InChI=1S/C14H15N5O/c15-11-1-3-12(4-2-11)20-10-8-16-13-6-9-19-14(18-13)5-7-17-19/h1-7,9H,8,10,15H2,(H,16,18). The minimum Gasteiger partial charge on any atom is -0.492 e. The number of ether oxygens (including phenoxy) is 1. The van der Waals surface area contributed by atoms with Gasteiger partial charge in [-0.3, -0.25) is 0 Å². The first kappa shape index (κ1) is 12.3. The molecule has 2 aromatic heterocycles. The van der Waals surface area contributed by atoms with Crippen LogP contribution in [0, 0.1) is 0 Å². The summed E-state index contributed by atoms with van der Waals surface area (Å²) in [6.07, 6.45) is 3.59. The van der Waals surface area contributed by atoms with Gasteiger partial charge in [-0.1, -0.05) is 0 Å². The van der Waals surface area contributed by atoms with Crippen molar-refractivity contribution in [1.29, 1.82) is 0 Å². The second-order valence-electron chi connectivity index (χ2n) is 4.29. The van der Waals surface area contributed by atoms with Crippen molar-refractivity contribution in [2.45, 2.75) is 0 Å². The minimum atomic E-state index is 0.552. The number of hydrogen-bond acceptors (Lipinski definition) is 5. The summed E-state index contributed by atoms with van der Waals surface area (Å²) in [4.78, 5) is 4.41. The van der Waals surface area contributed by atoms with Crippen LogP contribution in [0.1, 0.15) is 0 Å². The zero-order chi connectivity index (χ0) is 13.8. The van der Waals surface area contributed by atoms with Crippen molar-refractivity contribution in [1.82, 2.24) is 14.6 Å². The third kappa shape index (κ3) is 2.80. The number of nitrogens with zero attached hydrogens (tertiary/aromatic N) is 3. The molecular weight excluding hydrogens is 254 g/mol. The molecule has 3 rings (SSSR count). The molecule has 0 aliphatic rings. The van der Waals surface area contributed by atoms with Crippen molar-refractivity contribution in [2.24, 2.45) is 0 Å². The quantitative estimate of drug-likeness (QED) is 0.545. The third-order valence-electron chi connectivity index (χ3n) is 2.82. The SMILES string of the molecule is Nc1ccc(OCCNc2ccn3nccc3n2)cc1. The van der Waals surface area contributed by atoms with E-state index in [-0.39, 0.29) is 0 Å². The lowest BCUT2D eigenvalue weighted by Crippen LogP contribution is -2.12. The van der Waals surface area contributed by atoms with Gasteiger partial charge >= 0.3 is 0 Å². The highest BCUT2D eigenvalue weighted by Crippen LogP contribution is 2.12. The molecule has 0 fully saturated rings. The predicted molar refractivity (Wildman–Crippen MR) is 77.8 cm³/mol.